The van der Waals surface area contributed by atoms with Gasteiger partial charge in [0.1, 0.15) is 0 Å². The number of carboxylic acids is 1. The highest BCUT2D eigenvalue weighted by Crippen LogP contribution is 2.10. The Morgan fingerprint density at radius 3 is 2.31 bits per heavy atom. The maximum absolute atomic E-state index is 10.7. The number of carbonyl (C=O) groups excluding carboxylic acids is 1. The van der Waals surface area contributed by atoms with Crippen molar-refractivity contribution in [3.05, 3.63) is 11.6 Å². The average molecular weight is 186 g/mol. The summed E-state index contributed by atoms with van der Waals surface area (Å²) in [5, 5.41) is 8.69. The SMILES string of the molecule is COC(=O)/C=C(/CC(C)C)C(=O)O. The van der Waals surface area contributed by atoms with Crippen molar-refractivity contribution in [1.29, 1.82) is 0 Å². The molecule has 0 radical (unpaired) electrons. The van der Waals surface area contributed by atoms with Gasteiger partial charge in [0, 0.05) is 11.6 Å². The number of methoxy groups -OCH3 is 1. The Labute approximate surface area is 77.2 Å². The Bertz CT molecular complexity index is 228. The van der Waals surface area contributed by atoms with Crippen molar-refractivity contribution >= 4 is 11.9 Å². The van der Waals surface area contributed by atoms with Crippen molar-refractivity contribution in [2.24, 2.45) is 5.92 Å². The van der Waals surface area contributed by atoms with Crippen LogP contribution in [0.4, 0.5) is 0 Å². The van der Waals surface area contributed by atoms with E-state index in [9.17, 15) is 9.59 Å². The molecule has 0 aliphatic heterocycles. The van der Waals surface area contributed by atoms with E-state index < -0.39 is 11.9 Å². The first kappa shape index (κ1) is 11.7. The van der Waals surface area contributed by atoms with E-state index in [0.29, 0.717) is 6.42 Å². The number of aliphatic carboxylic acids is 1. The van der Waals surface area contributed by atoms with Gasteiger partial charge in [-0.05, 0) is 12.3 Å². The van der Waals surface area contributed by atoms with Gasteiger partial charge >= 0.3 is 11.9 Å². The van der Waals surface area contributed by atoms with E-state index in [1.807, 2.05) is 13.8 Å². The van der Waals surface area contributed by atoms with Crippen LogP contribution in [0.15, 0.2) is 11.6 Å². The predicted octanol–water partition coefficient (Wildman–Crippen LogP) is 1.22. The largest absolute Gasteiger partial charge is 0.478 e. The van der Waals surface area contributed by atoms with Crippen molar-refractivity contribution in [3.63, 3.8) is 0 Å². The second-order valence-electron chi connectivity index (χ2n) is 3.10. The molecule has 4 nitrogen and oxygen atoms in total. The lowest BCUT2D eigenvalue weighted by atomic mass is 10.0. The summed E-state index contributed by atoms with van der Waals surface area (Å²) < 4.78 is 4.33. The van der Waals surface area contributed by atoms with Gasteiger partial charge in [-0.25, -0.2) is 9.59 Å². The van der Waals surface area contributed by atoms with Gasteiger partial charge in [0.2, 0.25) is 0 Å². The number of ether oxygens (including phenoxy) is 1. The van der Waals surface area contributed by atoms with Gasteiger partial charge in [0.15, 0.2) is 0 Å². The maximum atomic E-state index is 10.7. The van der Waals surface area contributed by atoms with Crippen LogP contribution >= 0.6 is 0 Å². The molecule has 4 heteroatoms. The fourth-order valence-corrected chi connectivity index (χ4v) is 0.849. The summed E-state index contributed by atoms with van der Waals surface area (Å²) in [6.45, 7) is 3.77. The van der Waals surface area contributed by atoms with E-state index in [-0.39, 0.29) is 11.5 Å². The third-order valence-corrected chi connectivity index (χ3v) is 1.40. The number of carbonyl (C=O) groups is 2. The molecule has 74 valence electrons. The summed E-state index contributed by atoms with van der Waals surface area (Å²) >= 11 is 0. The summed E-state index contributed by atoms with van der Waals surface area (Å²) in [4.78, 5) is 21.4. The number of carboxylic acid groups (broad SMARTS) is 1. The average Bonchev–Trinajstić information content (AvgIpc) is 2.02. The molecule has 0 atom stereocenters. The molecule has 0 bridgehead atoms. The summed E-state index contributed by atoms with van der Waals surface area (Å²) in [6, 6.07) is 0. The van der Waals surface area contributed by atoms with Gasteiger partial charge in [0.25, 0.3) is 0 Å². The number of hydrogen-bond donors (Lipinski definition) is 1. The minimum Gasteiger partial charge on any atom is -0.478 e. The molecule has 0 fully saturated rings. The Morgan fingerprint density at radius 1 is 1.46 bits per heavy atom. The van der Waals surface area contributed by atoms with Crippen molar-refractivity contribution in [3.8, 4) is 0 Å². The van der Waals surface area contributed by atoms with Crippen LogP contribution in [-0.4, -0.2) is 24.2 Å². The van der Waals surface area contributed by atoms with E-state index in [1.165, 1.54) is 7.11 Å². The molecule has 0 aromatic rings. The highest BCUT2D eigenvalue weighted by atomic mass is 16.5. The fourth-order valence-electron chi connectivity index (χ4n) is 0.849. The maximum Gasteiger partial charge on any atom is 0.331 e. The topological polar surface area (TPSA) is 63.6 Å². The monoisotopic (exact) mass is 186 g/mol. The predicted molar refractivity (Wildman–Crippen MR) is 47.2 cm³/mol. The molecule has 0 amide bonds. The van der Waals surface area contributed by atoms with Crippen LogP contribution in [0.1, 0.15) is 20.3 Å². The van der Waals surface area contributed by atoms with Crippen LogP contribution in [0.25, 0.3) is 0 Å². The molecular formula is C9H14O4. The molecule has 0 aromatic heterocycles. The summed E-state index contributed by atoms with van der Waals surface area (Å²) in [7, 11) is 1.22. The highest BCUT2D eigenvalue weighted by molar-refractivity contribution is 5.95. The minimum absolute atomic E-state index is 0.0850. The third kappa shape index (κ3) is 5.00. The Kier molecular flexibility index (Phi) is 4.80. The molecule has 0 aliphatic carbocycles. The van der Waals surface area contributed by atoms with Crippen LogP contribution in [0.3, 0.4) is 0 Å². The standard InChI is InChI=1S/C9H14O4/c1-6(2)4-7(9(11)12)5-8(10)13-3/h5-6H,4H2,1-3H3,(H,11,12)/b7-5-. The molecule has 0 rings (SSSR count). The van der Waals surface area contributed by atoms with Crippen LogP contribution in [0.2, 0.25) is 0 Å². The van der Waals surface area contributed by atoms with E-state index in [0.717, 1.165) is 6.08 Å². The Morgan fingerprint density at radius 2 is 2.00 bits per heavy atom. The molecule has 0 heterocycles. The van der Waals surface area contributed by atoms with Gasteiger partial charge in [-0.2, -0.15) is 0 Å². The first-order chi connectivity index (χ1) is 5.97. The van der Waals surface area contributed by atoms with E-state index in [2.05, 4.69) is 4.74 Å². The number of rotatable bonds is 4. The quantitative estimate of drug-likeness (QED) is 0.529. The zero-order chi connectivity index (χ0) is 10.4. The van der Waals surface area contributed by atoms with Crippen molar-refractivity contribution in [2.45, 2.75) is 20.3 Å². The van der Waals surface area contributed by atoms with Crippen molar-refractivity contribution < 1.29 is 19.4 Å². The Balaban J connectivity index is 4.50. The molecule has 0 spiro atoms. The molecule has 0 saturated heterocycles. The normalized spacial score (nSPS) is 11.5. The third-order valence-electron chi connectivity index (χ3n) is 1.40. The number of esters is 1. The van der Waals surface area contributed by atoms with Gasteiger partial charge in [0.05, 0.1) is 7.11 Å². The summed E-state index contributed by atoms with van der Waals surface area (Å²) in [6.07, 6.45) is 1.38. The van der Waals surface area contributed by atoms with Crippen LogP contribution in [0, 0.1) is 5.92 Å². The summed E-state index contributed by atoms with van der Waals surface area (Å²) in [5.74, 6) is -1.50. The smallest absolute Gasteiger partial charge is 0.331 e. The van der Waals surface area contributed by atoms with Crippen molar-refractivity contribution in [2.75, 3.05) is 7.11 Å². The first-order valence-electron chi connectivity index (χ1n) is 3.99. The Hall–Kier alpha value is -1.32. The lowest BCUT2D eigenvalue weighted by Gasteiger charge is -2.04. The van der Waals surface area contributed by atoms with Gasteiger partial charge in [-0.15, -0.1) is 0 Å². The molecule has 13 heavy (non-hydrogen) atoms. The van der Waals surface area contributed by atoms with Gasteiger partial charge < -0.3 is 9.84 Å². The molecular weight excluding hydrogens is 172 g/mol. The fraction of sp³-hybridized carbons (Fsp3) is 0.556. The van der Waals surface area contributed by atoms with Crippen LogP contribution in [-0.2, 0) is 14.3 Å². The van der Waals surface area contributed by atoms with E-state index in [4.69, 9.17) is 5.11 Å². The van der Waals surface area contributed by atoms with E-state index >= 15 is 0 Å². The van der Waals surface area contributed by atoms with Crippen LogP contribution in [0.5, 0.6) is 0 Å². The zero-order valence-corrected chi connectivity index (χ0v) is 8.03. The summed E-state index contributed by atoms with van der Waals surface area (Å²) in [5.41, 5.74) is 0.0850. The molecule has 0 aromatic carbocycles. The van der Waals surface area contributed by atoms with Gasteiger partial charge in [-0.3, -0.25) is 0 Å². The molecule has 0 unspecified atom stereocenters. The molecule has 0 saturated carbocycles. The first-order valence-corrected chi connectivity index (χ1v) is 3.99. The second kappa shape index (κ2) is 5.35. The van der Waals surface area contributed by atoms with E-state index in [1.54, 1.807) is 0 Å². The second-order valence-corrected chi connectivity index (χ2v) is 3.10. The molecule has 1 N–H and O–H groups in total. The number of hydrogen-bond acceptors (Lipinski definition) is 3. The lowest BCUT2D eigenvalue weighted by Crippen LogP contribution is -2.07. The van der Waals surface area contributed by atoms with Gasteiger partial charge in [-0.1, -0.05) is 13.8 Å². The lowest BCUT2D eigenvalue weighted by molar-refractivity contribution is -0.137. The van der Waals surface area contributed by atoms with Crippen molar-refractivity contribution in [1.82, 2.24) is 0 Å². The molecule has 0 aliphatic rings. The van der Waals surface area contributed by atoms with Crippen LogP contribution < -0.4 is 0 Å². The zero-order valence-electron chi connectivity index (χ0n) is 8.03. The highest BCUT2D eigenvalue weighted by Gasteiger charge is 2.11. The minimum atomic E-state index is -1.07.